The van der Waals surface area contributed by atoms with Crippen molar-refractivity contribution in [2.45, 2.75) is 13.8 Å². The van der Waals surface area contributed by atoms with E-state index in [1.165, 1.54) is 18.8 Å². The summed E-state index contributed by atoms with van der Waals surface area (Å²) in [5.74, 6) is 2.29. The van der Waals surface area contributed by atoms with Gasteiger partial charge in [0.05, 0.1) is 6.61 Å². The number of carbonyl (C=O) groups is 1. The van der Waals surface area contributed by atoms with Gasteiger partial charge in [-0.25, -0.2) is 9.59 Å². The third-order valence-electron chi connectivity index (χ3n) is 0.348. The highest BCUT2D eigenvalue weighted by Crippen LogP contribution is 1.69. The van der Waals surface area contributed by atoms with E-state index in [1.807, 2.05) is 0 Å². The van der Waals surface area contributed by atoms with Crippen molar-refractivity contribution in [2.75, 3.05) is 6.61 Å². The molecule has 4 heteroatoms. The molecule has 0 heterocycles. The minimum absolute atomic E-state index is 0.211. The molecule has 0 aliphatic heterocycles. The predicted octanol–water partition coefficient (Wildman–Crippen LogP) is 0.577. The van der Waals surface area contributed by atoms with Crippen LogP contribution in [0, 0.1) is 0 Å². The van der Waals surface area contributed by atoms with Crippen LogP contribution in [-0.4, -0.2) is 24.5 Å². The molecule has 0 radical (unpaired) electrons. The predicted molar refractivity (Wildman–Crippen MR) is 44.9 cm³/mol. The molecule has 0 N–H and O–H groups in total. The maximum absolute atomic E-state index is 9.82. The Balaban J connectivity index is -0.000000115. The Bertz CT molecular complexity index is 148. The van der Waals surface area contributed by atoms with E-state index in [0.717, 1.165) is 0 Å². The largest absolute Gasteiger partial charge is 0.466 e. The molecule has 0 fully saturated rings. The van der Waals surface area contributed by atoms with E-state index >= 15 is 0 Å². The van der Waals surface area contributed by atoms with Crippen molar-refractivity contribution in [1.29, 1.82) is 0 Å². The minimum atomic E-state index is -0.211. The Morgan fingerprint density at radius 1 is 1.33 bits per heavy atom. The Kier molecular flexibility index (Phi) is 31.8. The van der Waals surface area contributed by atoms with Crippen molar-refractivity contribution in [2.24, 2.45) is 0 Å². The monoisotopic (exact) mass is 172 g/mol. The number of hydrogen-bond acceptors (Lipinski definition) is 4. The first-order chi connectivity index (χ1) is 5.60. The quantitative estimate of drug-likeness (QED) is 0.428. The van der Waals surface area contributed by atoms with Gasteiger partial charge in [-0.2, -0.15) is 0 Å². The minimum Gasteiger partial charge on any atom is -0.466 e. The molecule has 12 heavy (non-hydrogen) atoms. The summed E-state index contributed by atoms with van der Waals surface area (Å²) in [6, 6.07) is 0. The van der Waals surface area contributed by atoms with Crippen molar-refractivity contribution in [3.63, 3.8) is 0 Å². The van der Waals surface area contributed by atoms with Crippen molar-refractivity contribution < 1.29 is 19.1 Å². The summed E-state index contributed by atoms with van der Waals surface area (Å²) in [4.78, 5) is 27.0. The third kappa shape index (κ3) is 242. The summed E-state index contributed by atoms with van der Waals surface area (Å²) in [6.45, 7) is 9.01. The molecule has 0 saturated heterocycles. The van der Waals surface area contributed by atoms with Crippen molar-refractivity contribution >= 4 is 17.9 Å². The summed E-state index contributed by atoms with van der Waals surface area (Å²) in [5.41, 5.74) is 0. The lowest BCUT2D eigenvalue weighted by Crippen LogP contribution is -1.95. The van der Waals surface area contributed by atoms with E-state index in [0.29, 0.717) is 6.61 Å². The highest BCUT2D eigenvalue weighted by atomic mass is 16.5. The van der Waals surface area contributed by atoms with E-state index < -0.39 is 0 Å². The van der Waals surface area contributed by atoms with Gasteiger partial charge >= 0.3 is 5.97 Å². The van der Waals surface area contributed by atoms with Crippen LogP contribution in [0.1, 0.15) is 13.8 Å². The zero-order chi connectivity index (χ0) is 10.4. The van der Waals surface area contributed by atoms with Crippen molar-refractivity contribution in [3.8, 4) is 0 Å². The molecule has 0 aliphatic carbocycles. The van der Waals surface area contributed by atoms with E-state index in [4.69, 9.17) is 9.59 Å². The highest BCUT2D eigenvalue weighted by Gasteiger charge is 1.81. The molecule has 0 saturated carbocycles. The van der Waals surface area contributed by atoms with Crippen LogP contribution in [0.2, 0.25) is 0 Å². The SMILES string of the molecule is C=C=O.C=C=O.CCOC(C)=O. The summed E-state index contributed by atoms with van der Waals surface area (Å²) >= 11 is 0. The van der Waals surface area contributed by atoms with Gasteiger partial charge in [-0.05, 0) is 20.1 Å². The number of esters is 1. The first-order valence-electron chi connectivity index (χ1n) is 3.02. The zero-order valence-electron chi connectivity index (χ0n) is 7.25. The second-order valence-corrected chi connectivity index (χ2v) is 1.21. The van der Waals surface area contributed by atoms with Crippen LogP contribution < -0.4 is 0 Å². The number of carbonyl (C=O) groups excluding carboxylic acids is 3. The summed E-state index contributed by atoms with van der Waals surface area (Å²) in [6.07, 6.45) is 0. The zero-order valence-corrected chi connectivity index (χ0v) is 7.25. The molecular weight excluding hydrogens is 160 g/mol. The van der Waals surface area contributed by atoms with E-state index in [1.54, 1.807) is 6.92 Å². The van der Waals surface area contributed by atoms with Crippen LogP contribution in [0.25, 0.3) is 0 Å². The van der Waals surface area contributed by atoms with Gasteiger partial charge < -0.3 is 4.74 Å². The first-order valence-corrected chi connectivity index (χ1v) is 3.02. The summed E-state index contributed by atoms with van der Waals surface area (Å²) in [5, 5.41) is 0. The summed E-state index contributed by atoms with van der Waals surface area (Å²) < 4.78 is 4.40. The van der Waals surface area contributed by atoms with Gasteiger partial charge in [0.1, 0.15) is 11.9 Å². The molecule has 0 spiro atoms. The normalized spacial score (nSPS) is 5.17. The van der Waals surface area contributed by atoms with Crippen LogP contribution in [0.4, 0.5) is 0 Å². The van der Waals surface area contributed by atoms with Crippen LogP contribution in [0.3, 0.4) is 0 Å². The van der Waals surface area contributed by atoms with Gasteiger partial charge in [0.2, 0.25) is 0 Å². The van der Waals surface area contributed by atoms with Gasteiger partial charge in [-0.1, -0.05) is 0 Å². The van der Waals surface area contributed by atoms with E-state index in [-0.39, 0.29) is 5.97 Å². The molecular formula is C8H12O4. The molecule has 0 bridgehead atoms. The van der Waals surface area contributed by atoms with Crippen molar-refractivity contribution in [3.05, 3.63) is 13.2 Å². The van der Waals surface area contributed by atoms with E-state index in [2.05, 4.69) is 17.9 Å². The number of rotatable bonds is 1. The fourth-order valence-corrected chi connectivity index (χ4v) is 0.203. The van der Waals surface area contributed by atoms with Crippen LogP contribution in [0.15, 0.2) is 13.2 Å². The molecule has 0 aromatic heterocycles. The fourth-order valence-electron chi connectivity index (χ4n) is 0.203. The van der Waals surface area contributed by atoms with Crippen molar-refractivity contribution in [1.82, 2.24) is 0 Å². The first kappa shape index (κ1) is 16.8. The Hall–Kier alpha value is -1.63. The molecule has 0 aromatic carbocycles. The molecule has 0 atom stereocenters. The Labute approximate surface area is 71.5 Å². The average molecular weight is 172 g/mol. The van der Waals surface area contributed by atoms with Crippen LogP contribution in [0.5, 0.6) is 0 Å². The molecule has 0 unspecified atom stereocenters. The second kappa shape index (κ2) is 22.8. The third-order valence-corrected chi connectivity index (χ3v) is 0.348. The molecule has 68 valence electrons. The highest BCUT2D eigenvalue weighted by molar-refractivity contribution is 5.65. The lowest BCUT2D eigenvalue weighted by atomic mass is 10.8. The van der Waals surface area contributed by atoms with Crippen LogP contribution in [-0.2, 0) is 19.1 Å². The Morgan fingerprint density at radius 2 is 1.58 bits per heavy atom. The number of hydrogen-bond donors (Lipinski definition) is 0. The van der Waals surface area contributed by atoms with Gasteiger partial charge in [0, 0.05) is 6.92 Å². The van der Waals surface area contributed by atoms with E-state index in [9.17, 15) is 4.79 Å². The smallest absolute Gasteiger partial charge is 0.302 e. The lowest BCUT2D eigenvalue weighted by Gasteiger charge is -1.89. The fraction of sp³-hybridized carbons (Fsp3) is 0.375. The molecule has 0 amide bonds. The molecule has 0 rings (SSSR count). The maximum Gasteiger partial charge on any atom is 0.302 e. The van der Waals surface area contributed by atoms with Gasteiger partial charge in [-0.3, -0.25) is 4.79 Å². The molecule has 0 aromatic rings. The standard InChI is InChI=1S/C4H8O2.2C2H2O/c1-3-6-4(2)5;2*1-2-3/h3H2,1-2H3;2*1H2. The Morgan fingerprint density at radius 3 is 1.58 bits per heavy atom. The van der Waals surface area contributed by atoms with Gasteiger partial charge in [0.15, 0.2) is 0 Å². The van der Waals surface area contributed by atoms with Gasteiger partial charge in [0.25, 0.3) is 0 Å². The van der Waals surface area contributed by atoms with Gasteiger partial charge in [-0.15, -0.1) is 0 Å². The van der Waals surface area contributed by atoms with Crippen LogP contribution >= 0.6 is 0 Å². The maximum atomic E-state index is 9.82. The molecule has 0 aliphatic rings. The summed E-state index contributed by atoms with van der Waals surface area (Å²) in [7, 11) is 0. The average Bonchev–Trinajstić information content (AvgIpc) is 1.89. The molecule has 4 nitrogen and oxygen atoms in total. The second-order valence-electron chi connectivity index (χ2n) is 1.21. The lowest BCUT2D eigenvalue weighted by molar-refractivity contribution is -0.140. The topological polar surface area (TPSA) is 60.4 Å². The number of ether oxygens (including phenoxy) is 1.